The molecule has 0 aromatic carbocycles. The van der Waals surface area contributed by atoms with E-state index in [0.717, 1.165) is 20.3 Å². The minimum absolute atomic E-state index is 0.919. The number of halogens is 1. The normalized spacial score (nSPS) is 10.8. The van der Waals surface area contributed by atoms with Crippen LogP contribution in [0.1, 0.15) is 9.75 Å². The van der Waals surface area contributed by atoms with Crippen LogP contribution in [-0.2, 0) is 4.79 Å². The largest absolute Gasteiger partial charge is 0.478 e. The summed E-state index contributed by atoms with van der Waals surface area (Å²) in [6.07, 6.45) is 2.72. The summed E-state index contributed by atoms with van der Waals surface area (Å²) in [4.78, 5) is 12.3. The van der Waals surface area contributed by atoms with Crippen molar-refractivity contribution in [1.29, 1.82) is 0 Å². The van der Waals surface area contributed by atoms with Gasteiger partial charge in [0.1, 0.15) is 0 Å². The second-order valence-corrected chi connectivity index (χ2v) is 4.37. The van der Waals surface area contributed by atoms with Gasteiger partial charge in [-0.05, 0) is 35.0 Å². The minimum Gasteiger partial charge on any atom is -0.478 e. The summed E-state index contributed by atoms with van der Waals surface area (Å²) in [7, 11) is 0. The van der Waals surface area contributed by atoms with Crippen LogP contribution in [0.15, 0.2) is 16.6 Å². The van der Waals surface area contributed by atoms with E-state index in [-0.39, 0.29) is 0 Å². The Hall–Kier alpha value is -0.610. The SMILES string of the molecule is Cc1sc(/C=C/C(=O)O)cc1Br. The van der Waals surface area contributed by atoms with E-state index in [4.69, 9.17) is 5.11 Å². The number of rotatable bonds is 2. The van der Waals surface area contributed by atoms with E-state index in [1.165, 1.54) is 0 Å². The Bertz CT molecular complexity index is 308. The number of aliphatic carboxylic acids is 1. The highest BCUT2D eigenvalue weighted by Gasteiger charge is 1.99. The second kappa shape index (κ2) is 3.87. The second-order valence-electron chi connectivity index (χ2n) is 2.22. The van der Waals surface area contributed by atoms with Crippen LogP contribution in [0.5, 0.6) is 0 Å². The molecule has 0 aliphatic carbocycles. The van der Waals surface area contributed by atoms with Gasteiger partial charge in [0, 0.05) is 20.3 Å². The van der Waals surface area contributed by atoms with Crippen molar-refractivity contribution in [3.8, 4) is 0 Å². The summed E-state index contributed by atoms with van der Waals surface area (Å²) < 4.78 is 1.03. The molecule has 1 aromatic rings. The third-order valence-electron chi connectivity index (χ3n) is 1.27. The van der Waals surface area contributed by atoms with Crippen molar-refractivity contribution in [1.82, 2.24) is 0 Å². The maximum absolute atomic E-state index is 10.2. The number of thiophene rings is 1. The highest BCUT2D eigenvalue weighted by Crippen LogP contribution is 2.26. The molecule has 0 saturated heterocycles. The summed E-state index contributed by atoms with van der Waals surface area (Å²) in [5.41, 5.74) is 0. The van der Waals surface area contributed by atoms with Gasteiger partial charge in [-0.1, -0.05) is 0 Å². The summed E-state index contributed by atoms with van der Waals surface area (Å²) in [5.74, 6) is -0.919. The molecule has 0 saturated carbocycles. The molecule has 12 heavy (non-hydrogen) atoms. The number of aryl methyl sites for hydroxylation is 1. The van der Waals surface area contributed by atoms with Gasteiger partial charge >= 0.3 is 5.97 Å². The van der Waals surface area contributed by atoms with E-state index in [9.17, 15) is 4.79 Å². The van der Waals surface area contributed by atoms with Gasteiger partial charge in [0.05, 0.1) is 0 Å². The molecule has 1 rings (SSSR count). The summed E-state index contributed by atoms with van der Waals surface area (Å²) in [6.45, 7) is 1.98. The molecule has 0 aliphatic heterocycles. The zero-order valence-corrected chi connectivity index (χ0v) is 8.78. The average Bonchev–Trinajstić information content (AvgIpc) is 2.28. The Kier molecular flexibility index (Phi) is 3.05. The first-order valence-electron chi connectivity index (χ1n) is 3.26. The molecule has 0 atom stereocenters. The average molecular weight is 247 g/mol. The summed E-state index contributed by atoms with van der Waals surface area (Å²) >= 11 is 4.91. The lowest BCUT2D eigenvalue weighted by molar-refractivity contribution is -0.131. The van der Waals surface area contributed by atoms with Crippen molar-refractivity contribution in [3.05, 3.63) is 26.4 Å². The summed E-state index contributed by atoms with van der Waals surface area (Å²) in [6, 6.07) is 1.90. The van der Waals surface area contributed by atoms with Crippen LogP contribution < -0.4 is 0 Å². The first kappa shape index (κ1) is 9.48. The molecule has 0 fully saturated rings. The number of carboxylic acid groups (broad SMARTS) is 1. The molecule has 64 valence electrons. The van der Waals surface area contributed by atoms with Crippen LogP contribution >= 0.6 is 27.3 Å². The fraction of sp³-hybridized carbons (Fsp3) is 0.125. The van der Waals surface area contributed by atoms with Gasteiger partial charge in [-0.25, -0.2) is 4.79 Å². The van der Waals surface area contributed by atoms with Crippen molar-refractivity contribution in [3.63, 3.8) is 0 Å². The van der Waals surface area contributed by atoms with E-state index >= 15 is 0 Å². The van der Waals surface area contributed by atoms with Crippen LogP contribution in [0.25, 0.3) is 6.08 Å². The molecule has 1 N–H and O–H groups in total. The van der Waals surface area contributed by atoms with Crippen molar-refractivity contribution in [2.75, 3.05) is 0 Å². The smallest absolute Gasteiger partial charge is 0.328 e. The van der Waals surface area contributed by atoms with E-state index in [1.54, 1.807) is 17.4 Å². The Balaban J connectivity index is 2.83. The lowest BCUT2D eigenvalue weighted by Gasteiger charge is -1.79. The maximum Gasteiger partial charge on any atom is 0.328 e. The molecule has 2 nitrogen and oxygen atoms in total. The Morgan fingerprint density at radius 3 is 2.83 bits per heavy atom. The Morgan fingerprint density at radius 1 is 1.75 bits per heavy atom. The van der Waals surface area contributed by atoms with Crippen molar-refractivity contribution in [2.45, 2.75) is 6.92 Å². The molecule has 0 amide bonds. The van der Waals surface area contributed by atoms with Gasteiger partial charge in [0.25, 0.3) is 0 Å². The monoisotopic (exact) mass is 246 g/mol. The zero-order chi connectivity index (χ0) is 9.14. The molecule has 0 radical (unpaired) electrons. The zero-order valence-electron chi connectivity index (χ0n) is 6.37. The maximum atomic E-state index is 10.2. The Labute approximate surface area is 82.7 Å². The highest BCUT2D eigenvalue weighted by molar-refractivity contribution is 9.10. The molecule has 1 heterocycles. The molecule has 0 spiro atoms. The first-order chi connectivity index (χ1) is 5.59. The third kappa shape index (κ3) is 2.46. The van der Waals surface area contributed by atoms with Gasteiger partial charge in [0.15, 0.2) is 0 Å². The van der Waals surface area contributed by atoms with Crippen LogP contribution in [0.4, 0.5) is 0 Å². The third-order valence-corrected chi connectivity index (χ3v) is 3.37. The predicted molar refractivity (Wildman–Crippen MR) is 53.4 cm³/mol. The summed E-state index contributed by atoms with van der Waals surface area (Å²) in [5, 5.41) is 8.36. The molecule has 0 unspecified atom stereocenters. The first-order valence-corrected chi connectivity index (χ1v) is 4.87. The Morgan fingerprint density at radius 2 is 2.42 bits per heavy atom. The van der Waals surface area contributed by atoms with E-state index in [2.05, 4.69) is 15.9 Å². The van der Waals surface area contributed by atoms with Gasteiger partial charge in [0.2, 0.25) is 0 Å². The van der Waals surface area contributed by atoms with Crippen molar-refractivity contribution < 1.29 is 9.90 Å². The van der Waals surface area contributed by atoms with E-state index < -0.39 is 5.97 Å². The molecule has 0 bridgehead atoms. The van der Waals surface area contributed by atoms with Gasteiger partial charge in [-0.3, -0.25) is 0 Å². The van der Waals surface area contributed by atoms with E-state index in [1.807, 2.05) is 13.0 Å². The lowest BCUT2D eigenvalue weighted by atomic mass is 10.4. The minimum atomic E-state index is -0.919. The molecule has 1 aromatic heterocycles. The standard InChI is InChI=1S/C8H7BrO2S/c1-5-7(9)4-6(12-5)2-3-8(10)11/h2-4H,1H3,(H,10,11)/b3-2+. The fourth-order valence-corrected chi connectivity index (χ4v) is 2.18. The van der Waals surface area contributed by atoms with Gasteiger partial charge in [-0.15, -0.1) is 11.3 Å². The topological polar surface area (TPSA) is 37.3 Å². The predicted octanol–water partition coefficient (Wildman–Crippen LogP) is 2.92. The molecular formula is C8H7BrO2S. The van der Waals surface area contributed by atoms with Crippen LogP contribution in [0.2, 0.25) is 0 Å². The van der Waals surface area contributed by atoms with Gasteiger partial charge < -0.3 is 5.11 Å². The van der Waals surface area contributed by atoms with Crippen LogP contribution in [0.3, 0.4) is 0 Å². The number of carboxylic acids is 1. The number of hydrogen-bond acceptors (Lipinski definition) is 2. The number of hydrogen-bond donors (Lipinski definition) is 1. The van der Waals surface area contributed by atoms with Crippen LogP contribution in [-0.4, -0.2) is 11.1 Å². The molecular weight excluding hydrogens is 240 g/mol. The molecule has 0 aliphatic rings. The van der Waals surface area contributed by atoms with Crippen LogP contribution in [0, 0.1) is 6.92 Å². The number of carbonyl (C=O) groups is 1. The van der Waals surface area contributed by atoms with Crippen molar-refractivity contribution >= 4 is 39.3 Å². The fourth-order valence-electron chi connectivity index (χ4n) is 0.717. The lowest BCUT2D eigenvalue weighted by Crippen LogP contribution is -1.84. The quantitative estimate of drug-likeness (QED) is 0.816. The highest BCUT2D eigenvalue weighted by atomic mass is 79.9. The van der Waals surface area contributed by atoms with E-state index in [0.29, 0.717) is 0 Å². The van der Waals surface area contributed by atoms with Gasteiger partial charge in [-0.2, -0.15) is 0 Å². The van der Waals surface area contributed by atoms with Crippen molar-refractivity contribution in [2.24, 2.45) is 0 Å². The molecule has 4 heteroatoms.